The minimum absolute atomic E-state index is 0.00473. The van der Waals surface area contributed by atoms with Crippen molar-refractivity contribution < 1.29 is 9.66 Å². The van der Waals surface area contributed by atoms with Gasteiger partial charge in [-0.15, -0.1) is 5.10 Å². The van der Waals surface area contributed by atoms with E-state index in [1.807, 2.05) is 30.3 Å². The number of thioether (sulfide) groups is 1. The summed E-state index contributed by atoms with van der Waals surface area (Å²) in [7, 11) is 1.51. The van der Waals surface area contributed by atoms with Gasteiger partial charge in [0.05, 0.1) is 12.0 Å². The molecule has 140 valence electrons. The van der Waals surface area contributed by atoms with Gasteiger partial charge < -0.3 is 4.74 Å². The van der Waals surface area contributed by atoms with Gasteiger partial charge in [-0.25, -0.2) is 9.89 Å². The molecule has 0 aliphatic carbocycles. The summed E-state index contributed by atoms with van der Waals surface area (Å²) >= 11 is 1.32. The quantitative estimate of drug-likeness (QED) is 0.363. The molecule has 0 bridgehead atoms. The van der Waals surface area contributed by atoms with E-state index in [4.69, 9.17) is 4.74 Å². The Kier molecular flexibility index (Phi) is 5.92. The molecule has 8 nitrogen and oxygen atoms in total. The Morgan fingerprint density at radius 2 is 2.04 bits per heavy atom. The van der Waals surface area contributed by atoms with Gasteiger partial charge in [-0.3, -0.25) is 14.7 Å². The predicted octanol–water partition coefficient (Wildman–Crippen LogP) is 3.02. The van der Waals surface area contributed by atoms with Crippen molar-refractivity contribution in [3.05, 3.63) is 80.3 Å². The van der Waals surface area contributed by atoms with Crippen molar-refractivity contribution >= 4 is 17.4 Å². The average Bonchev–Trinajstić information content (AvgIpc) is 3.04. The number of nitro benzene ring substituents is 1. The molecule has 0 aliphatic heterocycles. The highest BCUT2D eigenvalue weighted by molar-refractivity contribution is 7.98. The molecule has 2 aromatic carbocycles. The highest BCUT2D eigenvalue weighted by Crippen LogP contribution is 2.29. The lowest BCUT2D eigenvalue weighted by atomic mass is 10.1. The summed E-state index contributed by atoms with van der Waals surface area (Å²) in [5, 5.41) is 18.1. The molecular weight excluding hydrogens is 368 g/mol. The molecule has 9 heteroatoms. The van der Waals surface area contributed by atoms with Crippen molar-refractivity contribution in [2.45, 2.75) is 23.9 Å². The van der Waals surface area contributed by atoms with Crippen LogP contribution in [0.3, 0.4) is 0 Å². The number of non-ortho nitro benzene ring substituents is 1. The summed E-state index contributed by atoms with van der Waals surface area (Å²) in [5.74, 6) is 0.947. The van der Waals surface area contributed by atoms with Crippen LogP contribution in [0.15, 0.2) is 58.5 Å². The van der Waals surface area contributed by atoms with Crippen molar-refractivity contribution in [2.75, 3.05) is 7.11 Å². The largest absolute Gasteiger partial charge is 0.496 e. The van der Waals surface area contributed by atoms with Crippen molar-refractivity contribution in [3.63, 3.8) is 0 Å². The smallest absolute Gasteiger partial charge is 0.343 e. The van der Waals surface area contributed by atoms with Gasteiger partial charge in [-0.2, -0.15) is 0 Å². The molecule has 1 N–H and O–H groups in total. The van der Waals surface area contributed by atoms with E-state index in [2.05, 4.69) is 10.2 Å². The van der Waals surface area contributed by atoms with Gasteiger partial charge in [0.2, 0.25) is 0 Å². The van der Waals surface area contributed by atoms with Crippen LogP contribution in [0.4, 0.5) is 5.69 Å². The molecule has 0 amide bonds. The van der Waals surface area contributed by atoms with Crippen molar-refractivity contribution in [3.8, 4) is 5.75 Å². The molecule has 1 heterocycles. The van der Waals surface area contributed by atoms with Gasteiger partial charge in [0.25, 0.3) is 5.69 Å². The summed E-state index contributed by atoms with van der Waals surface area (Å²) in [5.41, 5.74) is 1.51. The molecule has 27 heavy (non-hydrogen) atoms. The Hall–Kier alpha value is -3.07. The molecule has 0 radical (unpaired) electrons. The standard InChI is InChI=1S/C18H18N4O4S/c1-26-16-8-7-15(22(24)25)11-14(16)12-27-18-20-19-17(23)21(18)10-9-13-5-3-2-4-6-13/h2-8,11H,9-10,12H2,1H3,(H,19,23). The third-order valence-corrected chi connectivity index (χ3v) is 5.05. The van der Waals surface area contributed by atoms with E-state index in [9.17, 15) is 14.9 Å². The van der Waals surface area contributed by atoms with Crippen molar-refractivity contribution in [1.82, 2.24) is 14.8 Å². The van der Waals surface area contributed by atoms with Crippen LogP contribution in [0.1, 0.15) is 11.1 Å². The van der Waals surface area contributed by atoms with Crippen LogP contribution < -0.4 is 10.4 Å². The first kappa shape index (κ1) is 18.7. The Morgan fingerprint density at radius 3 is 2.74 bits per heavy atom. The number of nitro groups is 1. The number of nitrogens with one attached hydrogen (secondary N) is 1. The molecule has 3 aromatic rings. The number of methoxy groups -OCH3 is 1. The van der Waals surface area contributed by atoms with E-state index < -0.39 is 4.92 Å². The van der Waals surface area contributed by atoms with Crippen molar-refractivity contribution in [1.29, 1.82) is 0 Å². The van der Waals surface area contributed by atoms with E-state index in [1.165, 1.54) is 31.0 Å². The van der Waals surface area contributed by atoms with E-state index in [-0.39, 0.29) is 11.4 Å². The lowest BCUT2D eigenvalue weighted by molar-refractivity contribution is -0.384. The Morgan fingerprint density at radius 1 is 1.26 bits per heavy atom. The molecule has 1 aromatic heterocycles. The first-order chi connectivity index (χ1) is 13.1. The Balaban J connectivity index is 1.74. The second-order valence-electron chi connectivity index (χ2n) is 5.74. The number of nitrogens with zero attached hydrogens (tertiary/aromatic N) is 3. The van der Waals surface area contributed by atoms with Crippen LogP contribution >= 0.6 is 11.8 Å². The van der Waals surface area contributed by atoms with Crippen LogP contribution in [-0.4, -0.2) is 26.8 Å². The van der Waals surface area contributed by atoms with E-state index in [0.29, 0.717) is 35.2 Å². The first-order valence-electron chi connectivity index (χ1n) is 8.21. The minimum Gasteiger partial charge on any atom is -0.496 e. The Bertz CT molecular complexity index is 985. The van der Waals surface area contributed by atoms with Crippen LogP contribution in [0.2, 0.25) is 0 Å². The normalized spacial score (nSPS) is 10.7. The maximum Gasteiger partial charge on any atom is 0.343 e. The molecule has 0 unspecified atom stereocenters. The van der Waals surface area contributed by atoms with Gasteiger partial charge in [0.1, 0.15) is 5.75 Å². The molecule has 3 rings (SSSR count). The summed E-state index contributed by atoms with van der Waals surface area (Å²) in [4.78, 5) is 22.6. The van der Waals surface area contributed by atoms with Gasteiger partial charge in [-0.1, -0.05) is 42.1 Å². The highest BCUT2D eigenvalue weighted by atomic mass is 32.2. The zero-order valence-electron chi connectivity index (χ0n) is 14.6. The fraction of sp³-hybridized carbons (Fsp3) is 0.222. The second kappa shape index (κ2) is 8.54. The van der Waals surface area contributed by atoms with Crippen LogP contribution in [0, 0.1) is 10.1 Å². The monoisotopic (exact) mass is 386 g/mol. The number of hydrogen-bond acceptors (Lipinski definition) is 6. The number of aromatic nitrogens is 3. The molecule has 0 fully saturated rings. The SMILES string of the molecule is COc1ccc([N+](=O)[O-])cc1CSc1n[nH]c(=O)n1CCc1ccccc1. The van der Waals surface area contributed by atoms with Gasteiger partial charge in [0.15, 0.2) is 5.16 Å². The molecular formula is C18H18N4O4S. The maximum absolute atomic E-state index is 12.1. The van der Waals surface area contributed by atoms with Crippen LogP contribution in [0.5, 0.6) is 5.75 Å². The fourth-order valence-electron chi connectivity index (χ4n) is 2.63. The number of hydrogen-bond donors (Lipinski definition) is 1. The minimum atomic E-state index is -0.446. The topological polar surface area (TPSA) is 103 Å². The summed E-state index contributed by atoms with van der Waals surface area (Å²) in [6.07, 6.45) is 0.702. The van der Waals surface area contributed by atoms with Gasteiger partial charge in [-0.05, 0) is 18.1 Å². The van der Waals surface area contributed by atoms with Crippen molar-refractivity contribution in [2.24, 2.45) is 0 Å². The van der Waals surface area contributed by atoms with E-state index in [1.54, 1.807) is 10.6 Å². The van der Waals surface area contributed by atoms with E-state index >= 15 is 0 Å². The summed E-state index contributed by atoms with van der Waals surface area (Å²) in [6, 6.07) is 14.3. The van der Waals surface area contributed by atoms with Gasteiger partial charge in [0, 0.05) is 30.0 Å². The number of rotatable bonds is 8. The van der Waals surface area contributed by atoms with Gasteiger partial charge >= 0.3 is 5.69 Å². The molecule has 0 atom stereocenters. The number of aromatic amines is 1. The fourth-order valence-corrected chi connectivity index (χ4v) is 3.58. The number of ether oxygens (including phenoxy) is 1. The zero-order chi connectivity index (χ0) is 19.2. The summed E-state index contributed by atoms with van der Waals surface area (Å²) < 4.78 is 6.85. The number of benzene rings is 2. The average molecular weight is 386 g/mol. The second-order valence-corrected chi connectivity index (χ2v) is 6.68. The predicted molar refractivity (Wildman–Crippen MR) is 102 cm³/mol. The Labute approximate surface area is 159 Å². The number of aryl methyl sites for hydroxylation is 1. The molecule has 0 saturated carbocycles. The highest BCUT2D eigenvalue weighted by Gasteiger charge is 2.14. The summed E-state index contributed by atoms with van der Waals surface area (Å²) in [6.45, 7) is 0.494. The van der Waals surface area contributed by atoms with Crippen LogP contribution in [-0.2, 0) is 18.7 Å². The number of H-pyrrole nitrogens is 1. The lowest BCUT2D eigenvalue weighted by Gasteiger charge is -2.09. The first-order valence-corrected chi connectivity index (χ1v) is 9.20. The van der Waals surface area contributed by atoms with Crippen LogP contribution in [0.25, 0.3) is 0 Å². The van der Waals surface area contributed by atoms with E-state index in [0.717, 1.165) is 5.56 Å². The molecule has 0 aliphatic rings. The maximum atomic E-state index is 12.1. The molecule has 0 spiro atoms. The molecule has 0 saturated heterocycles. The third-order valence-electron chi connectivity index (χ3n) is 4.02. The lowest BCUT2D eigenvalue weighted by Crippen LogP contribution is -2.18. The third kappa shape index (κ3) is 4.56. The zero-order valence-corrected chi connectivity index (χ0v) is 15.4.